The minimum absolute atomic E-state index is 0.0627. The molecule has 0 saturated heterocycles. The van der Waals surface area contributed by atoms with Gasteiger partial charge in [0.15, 0.2) is 0 Å². The Bertz CT molecular complexity index is 218. The third-order valence-electron chi connectivity index (χ3n) is 1.55. The number of hydrogen-bond donors (Lipinski definition) is 1. The first-order valence-corrected chi connectivity index (χ1v) is 5.13. The van der Waals surface area contributed by atoms with Crippen molar-refractivity contribution in [3.05, 3.63) is 6.92 Å². The summed E-state index contributed by atoms with van der Waals surface area (Å²) in [5.74, 6) is -0.0627. The molecule has 0 aliphatic heterocycles. The lowest BCUT2D eigenvalue weighted by molar-refractivity contribution is -0.114. The molecule has 0 atom stereocenters. The highest BCUT2D eigenvalue weighted by molar-refractivity contribution is 5.82. The summed E-state index contributed by atoms with van der Waals surface area (Å²) in [4.78, 5) is 21.6. The van der Waals surface area contributed by atoms with E-state index in [9.17, 15) is 9.59 Å². The molecular formula is C11H20NO3. The number of rotatable bonds is 5. The molecule has 4 heteroatoms. The van der Waals surface area contributed by atoms with Crippen molar-refractivity contribution in [3.8, 4) is 0 Å². The molecule has 4 nitrogen and oxygen atoms in total. The van der Waals surface area contributed by atoms with Crippen LogP contribution in [0.1, 0.15) is 40.0 Å². The topological polar surface area (TPSA) is 55.4 Å². The number of alkyl carbamates (subject to hydrolysis) is 1. The van der Waals surface area contributed by atoms with Crippen LogP contribution in [0.5, 0.6) is 0 Å². The van der Waals surface area contributed by atoms with Gasteiger partial charge in [-0.3, -0.25) is 4.79 Å². The van der Waals surface area contributed by atoms with Crippen LogP contribution in [0.2, 0.25) is 0 Å². The number of nitrogens with one attached hydrogen (secondary N) is 1. The Morgan fingerprint density at radius 3 is 2.33 bits per heavy atom. The highest BCUT2D eigenvalue weighted by Crippen LogP contribution is 2.06. The van der Waals surface area contributed by atoms with Gasteiger partial charge in [-0.2, -0.15) is 0 Å². The minimum atomic E-state index is -0.465. The average Bonchev–Trinajstić information content (AvgIpc) is 1.99. The highest BCUT2D eigenvalue weighted by atomic mass is 16.6. The van der Waals surface area contributed by atoms with E-state index in [4.69, 9.17) is 4.74 Å². The van der Waals surface area contributed by atoms with E-state index in [1.165, 1.54) is 0 Å². The molecule has 0 aromatic carbocycles. The van der Waals surface area contributed by atoms with Crippen LogP contribution in [0.15, 0.2) is 0 Å². The molecule has 15 heavy (non-hydrogen) atoms. The lowest BCUT2D eigenvalue weighted by Crippen LogP contribution is -2.33. The largest absolute Gasteiger partial charge is 0.444 e. The summed E-state index contributed by atoms with van der Waals surface area (Å²) in [6.07, 6.45) is 1.57. The molecule has 0 bridgehead atoms. The fourth-order valence-corrected chi connectivity index (χ4v) is 0.952. The van der Waals surface area contributed by atoms with E-state index < -0.39 is 11.7 Å². The molecule has 0 spiro atoms. The second-order valence-corrected chi connectivity index (χ2v) is 4.42. The third kappa shape index (κ3) is 10.9. The first kappa shape index (κ1) is 13.9. The number of amides is 1. The molecule has 0 aromatic rings. The zero-order chi connectivity index (χ0) is 11.9. The maximum atomic E-state index is 11.1. The molecule has 0 rings (SSSR count). The highest BCUT2D eigenvalue weighted by Gasteiger charge is 2.15. The van der Waals surface area contributed by atoms with Crippen molar-refractivity contribution in [1.29, 1.82) is 0 Å². The second kappa shape index (κ2) is 6.43. The zero-order valence-corrected chi connectivity index (χ0v) is 9.76. The van der Waals surface area contributed by atoms with Crippen molar-refractivity contribution in [2.24, 2.45) is 0 Å². The molecule has 0 unspecified atom stereocenters. The van der Waals surface area contributed by atoms with Gasteiger partial charge in [-0.1, -0.05) is 0 Å². The summed E-state index contributed by atoms with van der Waals surface area (Å²) in [7, 11) is 0. The Morgan fingerprint density at radius 2 is 1.87 bits per heavy atom. The Balaban J connectivity index is 3.44. The van der Waals surface area contributed by atoms with Gasteiger partial charge in [0.05, 0.1) is 0 Å². The van der Waals surface area contributed by atoms with Crippen LogP contribution < -0.4 is 5.32 Å². The number of unbranched alkanes of at least 4 members (excludes halogenated alkanes) is 1. The fraction of sp³-hybridized carbons (Fsp3) is 0.727. The number of hydrogen-bond acceptors (Lipinski definition) is 3. The van der Waals surface area contributed by atoms with Gasteiger partial charge in [-0.25, -0.2) is 4.79 Å². The molecule has 0 fully saturated rings. The van der Waals surface area contributed by atoms with Crippen molar-refractivity contribution in [1.82, 2.24) is 5.32 Å². The van der Waals surface area contributed by atoms with Crippen molar-refractivity contribution in [2.75, 3.05) is 6.54 Å². The van der Waals surface area contributed by atoms with Gasteiger partial charge in [0.2, 0.25) is 0 Å². The van der Waals surface area contributed by atoms with E-state index in [1.807, 2.05) is 20.8 Å². The molecule has 87 valence electrons. The zero-order valence-electron chi connectivity index (χ0n) is 9.76. The Kier molecular flexibility index (Phi) is 5.97. The first-order chi connectivity index (χ1) is 6.81. The average molecular weight is 214 g/mol. The summed E-state index contributed by atoms with van der Waals surface area (Å²) in [6, 6.07) is 0. The van der Waals surface area contributed by atoms with Crippen LogP contribution >= 0.6 is 0 Å². The Morgan fingerprint density at radius 1 is 1.27 bits per heavy atom. The number of ketones is 1. The molecule has 0 saturated carbocycles. The van der Waals surface area contributed by atoms with Gasteiger partial charge < -0.3 is 10.1 Å². The van der Waals surface area contributed by atoms with Crippen molar-refractivity contribution < 1.29 is 14.3 Å². The number of ether oxygens (including phenoxy) is 1. The van der Waals surface area contributed by atoms with Crippen LogP contribution in [-0.4, -0.2) is 24.0 Å². The fourth-order valence-electron chi connectivity index (χ4n) is 0.952. The molecule has 0 aliphatic carbocycles. The predicted molar refractivity (Wildman–Crippen MR) is 58.5 cm³/mol. The van der Waals surface area contributed by atoms with Gasteiger partial charge in [0.1, 0.15) is 11.4 Å². The maximum Gasteiger partial charge on any atom is 0.407 e. The number of Topliss-reactive ketones (excluding diaryl/α,β-unsaturated/α-hetero) is 1. The van der Waals surface area contributed by atoms with Crippen LogP contribution in [0.25, 0.3) is 0 Å². The van der Waals surface area contributed by atoms with E-state index in [2.05, 4.69) is 12.2 Å². The van der Waals surface area contributed by atoms with Gasteiger partial charge in [0.25, 0.3) is 0 Å². The molecule has 1 N–H and O–H groups in total. The van der Waals surface area contributed by atoms with Gasteiger partial charge in [-0.05, 0) is 33.6 Å². The monoisotopic (exact) mass is 214 g/mol. The molecule has 0 heterocycles. The number of carbonyl (C=O) groups is 2. The standard InChI is InChI=1S/C11H20NO3/c1-9(13)7-5-6-8-12-10(14)15-11(2,3)4/h1,5-8H2,2-4H3,(H,12,14). The molecule has 1 radical (unpaired) electrons. The van der Waals surface area contributed by atoms with Crippen LogP contribution in [0.4, 0.5) is 4.79 Å². The quantitative estimate of drug-likeness (QED) is 0.713. The smallest absolute Gasteiger partial charge is 0.407 e. The molecule has 0 aliphatic rings. The summed E-state index contributed by atoms with van der Waals surface area (Å²) in [6.45, 7) is 9.24. The summed E-state index contributed by atoms with van der Waals surface area (Å²) >= 11 is 0. The van der Waals surface area contributed by atoms with E-state index in [-0.39, 0.29) is 5.78 Å². The van der Waals surface area contributed by atoms with Crippen molar-refractivity contribution >= 4 is 11.9 Å². The number of carbonyl (C=O) groups excluding carboxylic acids is 2. The third-order valence-corrected chi connectivity index (χ3v) is 1.55. The van der Waals surface area contributed by atoms with E-state index in [1.54, 1.807) is 0 Å². The van der Waals surface area contributed by atoms with Crippen LogP contribution in [0, 0.1) is 6.92 Å². The van der Waals surface area contributed by atoms with E-state index in [0.717, 1.165) is 12.8 Å². The molecule has 1 amide bonds. The van der Waals surface area contributed by atoms with Crippen molar-refractivity contribution in [3.63, 3.8) is 0 Å². The summed E-state index contributed by atoms with van der Waals surface area (Å²) in [5, 5.41) is 2.62. The SMILES string of the molecule is [CH2]C(=O)CCCCNC(=O)OC(C)(C)C. The minimum Gasteiger partial charge on any atom is -0.444 e. The lowest BCUT2D eigenvalue weighted by Gasteiger charge is -2.19. The van der Waals surface area contributed by atoms with E-state index in [0.29, 0.717) is 13.0 Å². The van der Waals surface area contributed by atoms with Gasteiger partial charge >= 0.3 is 6.09 Å². The first-order valence-electron chi connectivity index (χ1n) is 5.13. The normalized spacial score (nSPS) is 10.9. The summed E-state index contributed by atoms with van der Waals surface area (Å²) < 4.78 is 5.04. The van der Waals surface area contributed by atoms with Crippen LogP contribution in [0.3, 0.4) is 0 Å². The summed E-state index contributed by atoms with van der Waals surface area (Å²) in [5.41, 5.74) is -0.465. The van der Waals surface area contributed by atoms with Crippen LogP contribution in [-0.2, 0) is 9.53 Å². The van der Waals surface area contributed by atoms with Gasteiger partial charge in [-0.15, -0.1) is 0 Å². The maximum absolute atomic E-state index is 11.1. The van der Waals surface area contributed by atoms with E-state index >= 15 is 0 Å². The second-order valence-electron chi connectivity index (χ2n) is 4.42. The lowest BCUT2D eigenvalue weighted by atomic mass is 10.2. The molecular weight excluding hydrogens is 194 g/mol. The Labute approximate surface area is 91.4 Å². The molecule has 0 aromatic heterocycles. The van der Waals surface area contributed by atoms with Gasteiger partial charge in [0, 0.05) is 19.9 Å². The predicted octanol–water partition coefficient (Wildman–Crippen LogP) is 2.08. The van der Waals surface area contributed by atoms with Crippen molar-refractivity contribution in [2.45, 2.75) is 45.6 Å². The Hall–Kier alpha value is -1.06.